The third-order valence-electron chi connectivity index (χ3n) is 1.85. The maximum absolute atomic E-state index is 11.1. The number of methoxy groups -OCH3 is 1. The summed E-state index contributed by atoms with van der Waals surface area (Å²) in [5.41, 5.74) is 1.88. The highest BCUT2D eigenvalue weighted by molar-refractivity contribution is 5.24. The van der Waals surface area contributed by atoms with Crippen molar-refractivity contribution in [3.63, 3.8) is 0 Å². The van der Waals surface area contributed by atoms with E-state index in [-0.39, 0.29) is 0 Å². The molecular weight excluding hydrogens is 152 g/mol. The first-order chi connectivity index (χ1) is 5.77. The summed E-state index contributed by atoms with van der Waals surface area (Å²) in [5.74, 6) is 0. The fourth-order valence-corrected chi connectivity index (χ4v) is 1.10. The molecule has 0 fully saturated rings. The molecule has 0 heterocycles. The maximum atomic E-state index is 11.1. The van der Waals surface area contributed by atoms with E-state index in [4.69, 9.17) is 0 Å². The van der Waals surface area contributed by atoms with Crippen molar-refractivity contribution < 1.29 is 9.84 Å². The molecule has 1 radical (unpaired) electrons. The van der Waals surface area contributed by atoms with Crippen LogP contribution in [0, 0.1) is 0 Å². The molecule has 0 amide bonds. The molecule has 2 nitrogen and oxygen atoms in total. The predicted molar refractivity (Wildman–Crippen MR) is 46.3 cm³/mol. The lowest BCUT2D eigenvalue weighted by Gasteiger charge is -2.07. The van der Waals surface area contributed by atoms with Crippen LogP contribution in [-0.2, 0) is 16.3 Å². The lowest BCUT2D eigenvalue weighted by molar-refractivity contribution is -0.123. The maximum Gasteiger partial charge on any atom is 0.217 e. The molecule has 1 aromatic rings. The van der Waals surface area contributed by atoms with Crippen LogP contribution in [0.15, 0.2) is 24.3 Å². The Bertz CT molecular complexity index is 245. The highest BCUT2D eigenvalue weighted by atomic mass is 16.6. The van der Waals surface area contributed by atoms with Gasteiger partial charge in [0.05, 0.1) is 0 Å². The first kappa shape index (κ1) is 9.23. The summed E-state index contributed by atoms with van der Waals surface area (Å²) >= 11 is 0. The average molecular weight is 165 g/mol. The van der Waals surface area contributed by atoms with Gasteiger partial charge in [-0.2, -0.15) is 5.11 Å². The summed E-state index contributed by atoms with van der Waals surface area (Å²) in [6.45, 7) is 2.06. The molecule has 1 rings (SSSR count). The quantitative estimate of drug-likeness (QED) is 0.632. The van der Waals surface area contributed by atoms with Gasteiger partial charge in [-0.05, 0) is 12.0 Å². The lowest BCUT2D eigenvalue weighted by atomic mass is 10.1. The predicted octanol–water partition coefficient (Wildman–Crippen LogP) is 2.32. The average Bonchev–Trinajstić information content (AvgIpc) is 2.17. The second-order valence-corrected chi connectivity index (χ2v) is 2.67. The van der Waals surface area contributed by atoms with Gasteiger partial charge in [-0.25, -0.2) is 0 Å². The van der Waals surface area contributed by atoms with E-state index >= 15 is 0 Å². The number of ether oxygens (including phenoxy) is 1. The zero-order valence-corrected chi connectivity index (χ0v) is 7.41. The molecule has 1 unspecified atom stereocenters. The zero-order chi connectivity index (χ0) is 8.97. The van der Waals surface area contributed by atoms with Gasteiger partial charge in [0.15, 0.2) is 0 Å². The molecule has 1 aromatic carbocycles. The summed E-state index contributed by atoms with van der Waals surface area (Å²) < 4.78 is 4.68. The summed E-state index contributed by atoms with van der Waals surface area (Å²) in [6.07, 6.45) is -0.0962. The van der Waals surface area contributed by atoms with Gasteiger partial charge in [-0.1, -0.05) is 31.2 Å². The van der Waals surface area contributed by atoms with E-state index in [0.717, 1.165) is 6.42 Å². The van der Waals surface area contributed by atoms with Crippen LogP contribution in [-0.4, -0.2) is 7.11 Å². The highest BCUT2D eigenvalue weighted by Gasteiger charge is 2.06. The Morgan fingerprint density at radius 2 is 2.25 bits per heavy atom. The van der Waals surface area contributed by atoms with Crippen molar-refractivity contribution in [1.29, 1.82) is 0 Å². The smallest absolute Gasteiger partial charge is 0.217 e. The minimum Gasteiger partial charge on any atom is -0.349 e. The van der Waals surface area contributed by atoms with Crippen molar-refractivity contribution in [3.05, 3.63) is 35.4 Å². The Kier molecular flexibility index (Phi) is 3.26. The Balaban J connectivity index is 2.86. The molecule has 0 aliphatic rings. The summed E-state index contributed by atoms with van der Waals surface area (Å²) in [6, 6.07) is 7.57. The molecule has 0 N–H and O–H groups in total. The van der Waals surface area contributed by atoms with E-state index in [2.05, 4.69) is 11.7 Å². The molecule has 0 aliphatic heterocycles. The number of hydrogen-bond acceptors (Lipinski definition) is 1. The van der Waals surface area contributed by atoms with E-state index in [0.29, 0.717) is 5.56 Å². The Morgan fingerprint density at radius 1 is 1.50 bits per heavy atom. The van der Waals surface area contributed by atoms with E-state index in [1.165, 1.54) is 12.7 Å². The molecule has 65 valence electrons. The summed E-state index contributed by atoms with van der Waals surface area (Å²) in [5, 5.41) is 11.1. The van der Waals surface area contributed by atoms with Gasteiger partial charge in [0.25, 0.3) is 0 Å². The van der Waals surface area contributed by atoms with Crippen LogP contribution >= 0.6 is 0 Å². The van der Waals surface area contributed by atoms with Gasteiger partial charge in [0.1, 0.15) is 0 Å². The molecule has 0 bridgehead atoms. The number of hydrogen-bond donors (Lipinski definition) is 0. The van der Waals surface area contributed by atoms with Gasteiger partial charge >= 0.3 is 0 Å². The van der Waals surface area contributed by atoms with Crippen LogP contribution in [0.5, 0.6) is 0 Å². The van der Waals surface area contributed by atoms with Crippen molar-refractivity contribution in [3.8, 4) is 0 Å². The van der Waals surface area contributed by atoms with Crippen LogP contribution < -0.4 is 0 Å². The number of rotatable bonds is 3. The van der Waals surface area contributed by atoms with Gasteiger partial charge in [-0.15, -0.1) is 0 Å². The van der Waals surface area contributed by atoms with Gasteiger partial charge in [0, 0.05) is 12.7 Å². The Hall–Kier alpha value is -0.860. The summed E-state index contributed by atoms with van der Waals surface area (Å²) in [4.78, 5) is 0. The van der Waals surface area contributed by atoms with Crippen molar-refractivity contribution in [2.45, 2.75) is 19.6 Å². The molecule has 0 spiro atoms. The van der Waals surface area contributed by atoms with E-state index in [9.17, 15) is 5.11 Å². The van der Waals surface area contributed by atoms with E-state index in [1.807, 2.05) is 18.2 Å². The van der Waals surface area contributed by atoms with Crippen LogP contribution in [0.2, 0.25) is 0 Å². The largest absolute Gasteiger partial charge is 0.349 e. The standard InChI is InChI=1S/C10H13O2/c1-3-8-5-4-6-9(7-8)10(11)12-2/h4-7,10H,3H2,1-2H3. The number of aryl methyl sites for hydroxylation is 1. The number of benzene rings is 1. The highest BCUT2D eigenvalue weighted by Crippen LogP contribution is 2.15. The molecule has 1 atom stereocenters. The van der Waals surface area contributed by atoms with Crippen LogP contribution in [0.4, 0.5) is 0 Å². The molecule has 0 aromatic heterocycles. The minimum atomic E-state index is -1.04. The molecule has 0 aliphatic carbocycles. The first-order valence-corrected chi connectivity index (χ1v) is 4.05. The van der Waals surface area contributed by atoms with Crippen LogP contribution in [0.3, 0.4) is 0 Å². The topological polar surface area (TPSA) is 29.1 Å². The normalized spacial score (nSPS) is 12.9. The zero-order valence-electron chi connectivity index (χ0n) is 7.41. The van der Waals surface area contributed by atoms with Gasteiger partial charge in [0.2, 0.25) is 6.29 Å². The van der Waals surface area contributed by atoms with Crippen LogP contribution in [0.25, 0.3) is 0 Å². The van der Waals surface area contributed by atoms with Crippen molar-refractivity contribution >= 4 is 0 Å². The molecule has 12 heavy (non-hydrogen) atoms. The second-order valence-electron chi connectivity index (χ2n) is 2.67. The summed E-state index contributed by atoms with van der Waals surface area (Å²) in [7, 11) is 1.43. The second kappa shape index (κ2) is 4.24. The van der Waals surface area contributed by atoms with Crippen LogP contribution in [0.1, 0.15) is 24.3 Å². The van der Waals surface area contributed by atoms with Crippen molar-refractivity contribution in [2.75, 3.05) is 7.11 Å². The molecule has 0 saturated heterocycles. The van der Waals surface area contributed by atoms with Gasteiger partial charge in [-0.3, -0.25) is 0 Å². The Labute approximate surface area is 72.8 Å². The van der Waals surface area contributed by atoms with E-state index < -0.39 is 6.29 Å². The fourth-order valence-electron chi connectivity index (χ4n) is 1.10. The van der Waals surface area contributed by atoms with Crippen molar-refractivity contribution in [1.82, 2.24) is 0 Å². The lowest BCUT2D eigenvalue weighted by Crippen LogP contribution is -1.98. The monoisotopic (exact) mass is 165 g/mol. The molecular formula is C10H13O2. The third kappa shape index (κ3) is 2.06. The van der Waals surface area contributed by atoms with Gasteiger partial charge < -0.3 is 4.74 Å². The minimum absolute atomic E-state index is 0.705. The first-order valence-electron chi connectivity index (χ1n) is 4.05. The molecule has 2 heteroatoms. The van der Waals surface area contributed by atoms with E-state index in [1.54, 1.807) is 6.07 Å². The SMILES string of the molecule is CCc1cccc(C([O])OC)c1. The van der Waals surface area contributed by atoms with Crippen molar-refractivity contribution in [2.24, 2.45) is 0 Å². The third-order valence-corrected chi connectivity index (χ3v) is 1.85. The Morgan fingerprint density at radius 3 is 2.83 bits per heavy atom. The fraction of sp³-hybridized carbons (Fsp3) is 0.400. The molecule has 0 saturated carbocycles.